The average molecular weight is 567 g/mol. The highest BCUT2D eigenvalue weighted by Gasteiger charge is 2.20. The molecule has 6 nitrogen and oxygen atoms in total. The molecular formula is C38H22N4O2. The van der Waals surface area contributed by atoms with Crippen LogP contribution in [0.1, 0.15) is 0 Å². The van der Waals surface area contributed by atoms with E-state index in [-0.39, 0.29) is 0 Å². The van der Waals surface area contributed by atoms with Crippen LogP contribution in [0, 0.1) is 0 Å². The molecule has 44 heavy (non-hydrogen) atoms. The minimum absolute atomic E-state index is 0.459. The van der Waals surface area contributed by atoms with E-state index in [1.165, 1.54) is 0 Å². The maximum atomic E-state index is 6.21. The molecule has 0 aliphatic rings. The first kappa shape index (κ1) is 24.5. The monoisotopic (exact) mass is 566 g/mol. The van der Waals surface area contributed by atoms with E-state index in [1.807, 2.05) is 84.9 Å². The summed E-state index contributed by atoms with van der Waals surface area (Å²) in [5.41, 5.74) is 9.92. The van der Waals surface area contributed by atoms with Crippen molar-refractivity contribution < 1.29 is 8.83 Å². The van der Waals surface area contributed by atoms with Crippen LogP contribution in [0.15, 0.2) is 142 Å². The van der Waals surface area contributed by atoms with E-state index in [1.54, 1.807) is 0 Å². The fraction of sp³-hybridized carbons (Fsp3) is 0. The molecule has 5 aromatic carbocycles. The molecule has 0 saturated carbocycles. The van der Waals surface area contributed by atoms with Gasteiger partial charge < -0.3 is 8.83 Å². The molecule has 0 atom stereocenters. The van der Waals surface area contributed by atoms with Crippen molar-refractivity contribution in [3.8, 4) is 45.4 Å². The minimum Gasteiger partial charge on any atom is -0.435 e. The van der Waals surface area contributed by atoms with Gasteiger partial charge in [-0.05, 0) is 58.7 Å². The Hall–Kier alpha value is -6.14. The molecule has 0 fully saturated rings. The third-order valence-electron chi connectivity index (χ3n) is 7.95. The number of para-hydroxylation sites is 4. The lowest BCUT2D eigenvalue weighted by atomic mass is 9.95. The van der Waals surface area contributed by atoms with Crippen LogP contribution in [0.25, 0.3) is 89.4 Å². The highest BCUT2D eigenvalue weighted by Crippen LogP contribution is 2.39. The Balaban J connectivity index is 1.39. The van der Waals surface area contributed by atoms with Crippen LogP contribution in [-0.2, 0) is 0 Å². The van der Waals surface area contributed by atoms with Crippen molar-refractivity contribution in [2.45, 2.75) is 0 Å². The highest BCUT2D eigenvalue weighted by molar-refractivity contribution is 6.13. The number of hydrogen-bond donors (Lipinski definition) is 0. The van der Waals surface area contributed by atoms with Gasteiger partial charge in [0.25, 0.3) is 0 Å². The third-order valence-corrected chi connectivity index (χ3v) is 7.95. The lowest BCUT2D eigenvalue weighted by Crippen LogP contribution is -1.95. The second-order valence-electron chi connectivity index (χ2n) is 10.7. The number of rotatable bonds is 4. The molecule has 9 rings (SSSR count). The van der Waals surface area contributed by atoms with Gasteiger partial charge in [0, 0.05) is 10.8 Å². The standard InChI is InChI=1S/C38H22N4O2/c1-3-11-23(12-4-1)27-21-31(37-41-29-15-7-9-17-33(29)43-37)39-35-25(27)19-20-26-28(24-13-5-2-6-14-24)22-32(40-36(26)35)38-42-30-16-8-10-18-34(30)44-38/h1-22H. The van der Waals surface area contributed by atoms with Gasteiger partial charge >= 0.3 is 0 Å². The number of benzene rings is 5. The van der Waals surface area contributed by atoms with E-state index in [4.69, 9.17) is 28.8 Å². The highest BCUT2D eigenvalue weighted by atomic mass is 16.4. The summed E-state index contributed by atoms with van der Waals surface area (Å²) in [6, 6.07) is 44.5. The Morgan fingerprint density at radius 1 is 0.386 bits per heavy atom. The van der Waals surface area contributed by atoms with Gasteiger partial charge in [-0.15, -0.1) is 0 Å². The molecule has 0 unspecified atom stereocenters. The molecule has 0 spiro atoms. The number of hydrogen-bond acceptors (Lipinski definition) is 6. The summed E-state index contributed by atoms with van der Waals surface area (Å²) in [6.45, 7) is 0. The number of aromatic nitrogens is 4. The van der Waals surface area contributed by atoms with E-state index in [9.17, 15) is 0 Å². The zero-order valence-electron chi connectivity index (χ0n) is 23.3. The first-order chi connectivity index (χ1) is 21.8. The molecule has 6 heteroatoms. The molecule has 0 bridgehead atoms. The van der Waals surface area contributed by atoms with Gasteiger partial charge in [0.1, 0.15) is 22.4 Å². The summed E-state index contributed by atoms with van der Waals surface area (Å²) in [4.78, 5) is 20.0. The second-order valence-corrected chi connectivity index (χ2v) is 10.7. The van der Waals surface area contributed by atoms with Crippen LogP contribution in [0.3, 0.4) is 0 Å². The number of oxazole rings is 2. The van der Waals surface area contributed by atoms with Gasteiger partial charge in [-0.2, -0.15) is 0 Å². The van der Waals surface area contributed by atoms with E-state index < -0.39 is 0 Å². The molecule has 0 radical (unpaired) electrons. The van der Waals surface area contributed by atoms with Crippen molar-refractivity contribution in [1.82, 2.24) is 19.9 Å². The first-order valence-corrected chi connectivity index (χ1v) is 14.4. The number of pyridine rings is 2. The molecular weight excluding hydrogens is 544 g/mol. The molecule has 0 aliphatic carbocycles. The molecule has 0 aliphatic heterocycles. The van der Waals surface area contributed by atoms with E-state index in [2.05, 4.69) is 48.5 Å². The Kier molecular flexibility index (Phi) is 5.40. The van der Waals surface area contributed by atoms with Crippen molar-refractivity contribution in [2.75, 3.05) is 0 Å². The van der Waals surface area contributed by atoms with E-state index in [0.29, 0.717) is 34.3 Å². The fourth-order valence-corrected chi connectivity index (χ4v) is 5.87. The summed E-state index contributed by atoms with van der Waals surface area (Å²) in [7, 11) is 0. The predicted molar refractivity (Wildman–Crippen MR) is 174 cm³/mol. The normalized spacial score (nSPS) is 11.6. The van der Waals surface area contributed by atoms with Crippen LogP contribution >= 0.6 is 0 Å². The maximum Gasteiger partial charge on any atom is 0.246 e. The number of nitrogens with zero attached hydrogens (tertiary/aromatic N) is 4. The van der Waals surface area contributed by atoms with Gasteiger partial charge in [-0.25, -0.2) is 19.9 Å². The van der Waals surface area contributed by atoms with Gasteiger partial charge in [-0.1, -0.05) is 97.1 Å². The van der Waals surface area contributed by atoms with Crippen molar-refractivity contribution in [1.29, 1.82) is 0 Å². The van der Waals surface area contributed by atoms with Crippen LogP contribution in [0.4, 0.5) is 0 Å². The van der Waals surface area contributed by atoms with Gasteiger partial charge in [-0.3, -0.25) is 0 Å². The van der Waals surface area contributed by atoms with Crippen LogP contribution < -0.4 is 0 Å². The Labute approximate surface area is 251 Å². The smallest absolute Gasteiger partial charge is 0.246 e. The minimum atomic E-state index is 0.459. The summed E-state index contributed by atoms with van der Waals surface area (Å²) in [6.07, 6.45) is 0. The second kappa shape index (κ2) is 9.71. The summed E-state index contributed by atoms with van der Waals surface area (Å²) < 4.78 is 12.4. The van der Waals surface area contributed by atoms with E-state index in [0.717, 1.165) is 55.1 Å². The number of fused-ring (bicyclic) bond motifs is 5. The van der Waals surface area contributed by atoms with Crippen LogP contribution in [0.5, 0.6) is 0 Å². The Morgan fingerprint density at radius 2 is 0.795 bits per heavy atom. The average Bonchev–Trinajstić information content (AvgIpc) is 3.73. The maximum absolute atomic E-state index is 6.21. The molecule has 206 valence electrons. The van der Waals surface area contributed by atoms with Crippen LogP contribution in [-0.4, -0.2) is 19.9 Å². The van der Waals surface area contributed by atoms with E-state index >= 15 is 0 Å². The fourth-order valence-electron chi connectivity index (χ4n) is 5.87. The van der Waals surface area contributed by atoms with Gasteiger partial charge in [0.15, 0.2) is 11.2 Å². The lowest BCUT2D eigenvalue weighted by Gasteiger charge is -2.14. The van der Waals surface area contributed by atoms with Crippen LogP contribution in [0.2, 0.25) is 0 Å². The Morgan fingerprint density at radius 3 is 1.23 bits per heavy atom. The summed E-state index contributed by atoms with van der Waals surface area (Å²) in [5, 5.41) is 1.95. The SMILES string of the molecule is c1ccc(-c2cc(-c3nc4ccccc4o3)nc3c2ccc2c(-c4ccccc4)cc(-c4nc5ccccc5o4)nc23)cc1. The molecule has 4 heterocycles. The topological polar surface area (TPSA) is 77.8 Å². The van der Waals surface area contributed by atoms with Crippen molar-refractivity contribution >= 4 is 44.0 Å². The first-order valence-electron chi connectivity index (χ1n) is 14.4. The molecule has 0 saturated heterocycles. The summed E-state index contributed by atoms with van der Waals surface area (Å²) >= 11 is 0. The van der Waals surface area contributed by atoms with Crippen molar-refractivity contribution in [2.24, 2.45) is 0 Å². The zero-order chi connectivity index (χ0) is 29.0. The van der Waals surface area contributed by atoms with Gasteiger partial charge in [0.05, 0.1) is 11.0 Å². The largest absolute Gasteiger partial charge is 0.435 e. The van der Waals surface area contributed by atoms with Crippen molar-refractivity contribution in [3.05, 3.63) is 133 Å². The molecule has 0 N–H and O–H groups in total. The lowest BCUT2D eigenvalue weighted by molar-refractivity contribution is 0.616. The molecule has 4 aromatic heterocycles. The Bertz CT molecular complexity index is 2260. The predicted octanol–water partition coefficient (Wildman–Crippen LogP) is 9.73. The molecule has 9 aromatic rings. The van der Waals surface area contributed by atoms with Crippen molar-refractivity contribution in [3.63, 3.8) is 0 Å². The van der Waals surface area contributed by atoms with Gasteiger partial charge in [0.2, 0.25) is 11.8 Å². The quantitative estimate of drug-likeness (QED) is 0.197. The third kappa shape index (κ3) is 3.96. The zero-order valence-corrected chi connectivity index (χ0v) is 23.3. The molecule has 0 amide bonds. The summed E-state index contributed by atoms with van der Waals surface area (Å²) in [5.74, 6) is 0.918.